The van der Waals surface area contributed by atoms with Crippen molar-refractivity contribution in [2.24, 2.45) is 22.9 Å². The summed E-state index contributed by atoms with van der Waals surface area (Å²) in [6.07, 6.45) is 11.2. The Morgan fingerprint density at radius 3 is 2.58 bits per heavy atom. The molecule has 2 aliphatic heterocycles. The van der Waals surface area contributed by atoms with Gasteiger partial charge in [-0.25, -0.2) is 4.68 Å². The molecule has 0 spiro atoms. The lowest BCUT2D eigenvalue weighted by atomic mass is 9.55. The van der Waals surface area contributed by atoms with Crippen LogP contribution in [-0.2, 0) is 9.57 Å². The van der Waals surface area contributed by atoms with Gasteiger partial charge in [0.2, 0.25) is 12.1 Å². The number of aromatic nitrogens is 3. The molecular weight excluding hydrogens is 612 g/mol. The van der Waals surface area contributed by atoms with Gasteiger partial charge in [-0.1, -0.05) is 59.6 Å². The van der Waals surface area contributed by atoms with Crippen LogP contribution >= 0.6 is 0 Å². The van der Waals surface area contributed by atoms with E-state index < -0.39 is 24.0 Å². The number of hydrogen-bond acceptors (Lipinski definition) is 10. The number of hydrogen-bond donors (Lipinski definition) is 4. The van der Waals surface area contributed by atoms with Crippen molar-refractivity contribution in [1.29, 1.82) is 0 Å². The van der Waals surface area contributed by atoms with E-state index >= 15 is 0 Å². The van der Waals surface area contributed by atoms with Crippen LogP contribution in [0, 0.1) is 17.8 Å². The molecule has 2 aromatic carbocycles. The molecule has 2 fully saturated rings. The van der Waals surface area contributed by atoms with E-state index in [1.807, 2.05) is 30.3 Å². The van der Waals surface area contributed by atoms with E-state index in [1.54, 1.807) is 29.1 Å². The fourth-order valence-electron chi connectivity index (χ4n) is 8.41. The molecule has 11 heteroatoms. The van der Waals surface area contributed by atoms with E-state index in [-0.39, 0.29) is 43.1 Å². The van der Waals surface area contributed by atoms with E-state index in [0.717, 1.165) is 67.3 Å². The number of benzene rings is 2. The smallest absolute Gasteiger partial charge is 0.238 e. The Labute approximate surface area is 280 Å². The summed E-state index contributed by atoms with van der Waals surface area (Å²) < 4.78 is 14.3. The van der Waals surface area contributed by atoms with Crippen LogP contribution in [0.3, 0.4) is 0 Å². The first-order chi connectivity index (χ1) is 23.5. The molecule has 1 saturated heterocycles. The maximum absolute atomic E-state index is 13.1. The first kappa shape index (κ1) is 32.8. The van der Waals surface area contributed by atoms with Crippen LogP contribution in [0.1, 0.15) is 81.7 Å². The van der Waals surface area contributed by atoms with Crippen molar-refractivity contribution in [2.75, 3.05) is 19.8 Å². The van der Waals surface area contributed by atoms with Gasteiger partial charge in [0.05, 0.1) is 30.1 Å². The molecule has 7 unspecified atom stereocenters. The largest absolute Gasteiger partial charge is 0.508 e. The monoisotopic (exact) mass is 658 g/mol. The predicted molar refractivity (Wildman–Crippen MR) is 178 cm³/mol. The molecule has 4 N–H and O–H groups in total. The van der Waals surface area contributed by atoms with Crippen molar-refractivity contribution in [1.82, 2.24) is 15.0 Å². The Kier molecular flexibility index (Phi) is 9.81. The lowest BCUT2D eigenvalue weighted by Crippen LogP contribution is -2.62. The normalized spacial score (nSPS) is 30.2. The number of unbranched alkanes of at least 4 members (excludes halogenated alkanes) is 2. The molecule has 3 heterocycles. The molecule has 11 nitrogen and oxygen atoms in total. The number of fused-ring (bicyclic) bond motifs is 2. The van der Waals surface area contributed by atoms with Gasteiger partial charge < -0.3 is 34.7 Å². The third-order valence-corrected chi connectivity index (χ3v) is 10.6. The van der Waals surface area contributed by atoms with Crippen LogP contribution in [0.5, 0.6) is 11.5 Å². The molecule has 48 heavy (non-hydrogen) atoms. The number of rotatable bonds is 12. The summed E-state index contributed by atoms with van der Waals surface area (Å²) in [7, 11) is 0. The number of phenolic OH excluding ortho intramolecular Hbond substituents is 1. The Morgan fingerprint density at radius 2 is 1.81 bits per heavy atom. The average Bonchev–Trinajstić information content (AvgIpc) is 3.59. The van der Waals surface area contributed by atoms with Gasteiger partial charge in [0, 0.05) is 43.1 Å². The minimum absolute atomic E-state index is 0.0619. The molecule has 7 atom stereocenters. The first-order valence-electron chi connectivity index (χ1n) is 17.5. The number of aliphatic hydroxyl groups is 3. The Hall–Kier alpha value is -3.77. The zero-order valence-electron chi connectivity index (χ0n) is 27.2. The minimum Gasteiger partial charge on any atom is -0.508 e. The van der Waals surface area contributed by atoms with Crippen molar-refractivity contribution in [3.8, 4) is 22.8 Å². The summed E-state index contributed by atoms with van der Waals surface area (Å²) in [6, 6.07) is 14.2. The van der Waals surface area contributed by atoms with Crippen LogP contribution in [-0.4, -0.2) is 73.0 Å². The van der Waals surface area contributed by atoms with E-state index in [1.165, 1.54) is 0 Å². The Morgan fingerprint density at radius 1 is 1.00 bits per heavy atom. The lowest BCUT2D eigenvalue weighted by Gasteiger charge is -2.56. The highest BCUT2D eigenvalue weighted by Gasteiger charge is 2.63. The van der Waals surface area contributed by atoms with Crippen molar-refractivity contribution in [2.45, 2.75) is 88.2 Å². The molecule has 0 bridgehead atoms. The molecule has 1 saturated carbocycles. The van der Waals surface area contributed by atoms with Crippen molar-refractivity contribution in [3.63, 3.8) is 0 Å². The van der Waals surface area contributed by atoms with Gasteiger partial charge in [-0.15, -0.1) is 5.10 Å². The molecule has 7 rings (SSSR count). The van der Waals surface area contributed by atoms with Gasteiger partial charge >= 0.3 is 0 Å². The fourth-order valence-corrected chi connectivity index (χ4v) is 8.41. The second kappa shape index (κ2) is 14.4. The van der Waals surface area contributed by atoms with Gasteiger partial charge in [0.25, 0.3) is 0 Å². The third-order valence-electron chi connectivity index (χ3n) is 10.6. The highest BCUT2D eigenvalue weighted by atomic mass is 16.8. The van der Waals surface area contributed by atoms with Gasteiger partial charge in [-0.3, -0.25) is 0 Å². The number of oxime groups is 1. The van der Waals surface area contributed by atoms with Crippen LogP contribution in [0.2, 0.25) is 0 Å². The zero-order chi connectivity index (χ0) is 33.1. The summed E-state index contributed by atoms with van der Waals surface area (Å²) >= 11 is 0. The number of aliphatic hydroxyl groups excluding tert-OH is 2. The minimum atomic E-state index is -1.75. The van der Waals surface area contributed by atoms with E-state index in [4.69, 9.17) is 19.5 Å². The maximum Gasteiger partial charge on any atom is 0.238 e. The Bertz CT molecular complexity index is 1600. The van der Waals surface area contributed by atoms with Crippen LogP contribution < -0.4 is 4.74 Å². The molecule has 4 aliphatic rings. The second-order valence-electron chi connectivity index (χ2n) is 13.6. The van der Waals surface area contributed by atoms with Gasteiger partial charge in [0.15, 0.2) is 0 Å². The third kappa shape index (κ3) is 6.24. The predicted octanol–water partition coefficient (Wildman–Crippen LogP) is 5.47. The van der Waals surface area contributed by atoms with E-state index in [9.17, 15) is 20.4 Å². The summed E-state index contributed by atoms with van der Waals surface area (Å²) in [4.78, 5) is 6.09. The molecule has 0 amide bonds. The van der Waals surface area contributed by atoms with Crippen molar-refractivity contribution < 1.29 is 34.7 Å². The number of allylic oxidation sites excluding steroid dienone is 1. The SMILES string of the molecule is OCCCCC1C=C2C(=NOC3CCCCO3)CC(n3nncc3-c3ccccc3)C3(O)Oc4ccc(O)cc4C(C1CCCCO)C23. The van der Waals surface area contributed by atoms with Gasteiger partial charge in [-0.05, 0) is 74.1 Å². The van der Waals surface area contributed by atoms with E-state index in [2.05, 4.69) is 16.4 Å². The van der Waals surface area contributed by atoms with Gasteiger partial charge in [-0.2, -0.15) is 0 Å². The second-order valence-corrected chi connectivity index (χ2v) is 13.6. The van der Waals surface area contributed by atoms with Crippen LogP contribution in [0.25, 0.3) is 11.3 Å². The van der Waals surface area contributed by atoms with Crippen molar-refractivity contribution >= 4 is 5.71 Å². The van der Waals surface area contributed by atoms with E-state index in [0.29, 0.717) is 30.9 Å². The quantitative estimate of drug-likeness (QED) is 0.147. The molecular formula is C37H46N4O7. The Balaban J connectivity index is 1.40. The summed E-state index contributed by atoms with van der Waals surface area (Å²) in [5, 5.41) is 56.9. The van der Waals surface area contributed by atoms with Crippen LogP contribution in [0.4, 0.5) is 0 Å². The molecule has 0 radical (unpaired) electrons. The van der Waals surface area contributed by atoms with Crippen molar-refractivity contribution in [3.05, 3.63) is 71.9 Å². The molecule has 256 valence electrons. The zero-order valence-corrected chi connectivity index (χ0v) is 27.2. The van der Waals surface area contributed by atoms with Gasteiger partial charge in [0.1, 0.15) is 17.5 Å². The number of aromatic hydroxyl groups is 1. The summed E-state index contributed by atoms with van der Waals surface area (Å²) in [5.74, 6) is -1.74. The summed E-state index contributed by atoms with van der Waals surface area (Å²) in [6.45, 7) is 0.858. The standard InChI is InChI=1S/C37H46N4O7/c42-17-7-4-12-25-20-28-30(39-48-34-14-6-9-19-46-34)22-33(41-31(23-38-40-41)24-10-2-1-3-11-24)37(45)36(28)35(27(25)13-5-8-18-43)29-21-26(44)15-16-32(29)47-37/h1-3,10-11,15-16,20-21,23,25,27,33-36,42-45H,4-9,12-14,17-19,22H2. The summed E-state index contributed by atoms with van der Waals surface area (Å²) in [5.41, 5.74) is 4.07. The highest BCUT2D eigenvalue weighted by molar-refractivity contribution is 6.02. The number of ether oxygens (including phenoxy) is 2. The lowest BCUT2D eigenvalue weighted by molar-refractivity contribution is -0.225. The molecule has 2 aliphatic carbocycles. The average molecular weight is 659 g/mol. The first-order valence-corrected chi connectivity index (χ1v) is 17.5. The number of phenols is 1. The number of nitrogens with zero attached hydrogens (tertiary/aromatic N) is 4. The molecule has 1 aromatic heterocycles. The fraction of sp³-hybridized carbons (Fsp3) is 0.541. The maximum atomic E-state index is 13.1. The molecule has 3 aromatic rings. The topological polar surface area (TPSA) is 152 Å². The van der Waals surface area contributed by atoms with Crippen LogP contribution in [0.15, 0.2) is 71.5 Å². The highest BCUT2D eigenvalue weighted by Crippen LogP contribution is 2.62.